The Hall–Kier alpha value is -3.10. The molecule has 0 saturated carbocycles. The number of hydrogen-bond donors (Lipinski definition) is 1. The highest BCUT2D eigenvalue weighted by Gasteiger charge is 2.26. The van der Waals surface area contributed by atoms with Gasteiger partial charge in [-0.15, -0.1) is 0 Å². The number of likely N-dealkylation sites (tertiary alicyclic amines) is 1. The van der Waals surface area contributed by atoms with Gasteiger partial charge in [-0.05, 0) is 45.7 Å². The van der Waals surface area contributed by atoms with Gasteiger partial charge in [0.05, 0.1) is 17.5 Å². The maximum Gasteiger partial charge on any atom is 0.341 e. The molecular formula is C23H31N3O6. The molecule has 0 unspecified atom stereocenters. The molecule has 9 heteroatoms. The molecule has 1 saturated heterocycles. The van der Waals surface area contributed by atoms with E-state index in [0.717, 1.165) is 29.7 Å². The zero-order valence-corrected chi connectivity index (χ0v) is 19.1. The van der Waals surface area contributed by atoms with E-state index in [1.807, 2.05) is 25.7 Å². The second kappa shape index (κ2) is 9.58. The van der Waals surface area contributed by atoms with Crippen molar-refractivity contribution in [1.29, 1.82) is 0 Å². The van der Waals surface area contributed by atoms with Gasteiger partial charge in [-0.3, -0.25) is 9.59 Å². The van der Waals surface area contributed by atoms with Crippen molar-refractivity contribution in [2.45, 2.75) is 65.0 Å². The van der Waals surface area contributed by atoms with E-state index >= 15 is 0 Å². The summed E-state index contributed by atoms with van der Waals surface area (Å²) in [7, 11) is 0. The highest BCUT2D eigenvalue weighted by molar-refractivity contribution is 5.79. The van der Waals surface area contributed by atoms with E-state index in [9.17, 15) is 14.4 Å². The number of piperidine rings is 1. The summed E-state index contributed by atoms with van der Waals surface area (Å²) in [5.74, 6) is -0.0573. The molecule has 0 atom stereocenters. The van der Waals surface area contributed by atoms with E-state index in [-0.39, 0.29) is 24.3 Å². The number of hydrogen-bond acceptors (Lipinski definition) is 6. The molecule has 1 aliphatic heterocycles. The number of aliphatic carboxylic acids is 1. The van der Waals surface area contributed by atoms with Crippen molar-refractivity contribution in [2.24, 2.45) is 0 Å². The van der Waals surface area contributed by atoms with Gasteiger partial charge in [0.2, 0.25) is 5.91 Å². The Labute approximate surface area is 187 Å². The molecule has 1 amide bonds. The average molecular weight is 446 g/mol. The molecule has 9 nitrogen and oxygen atoms in total. The van der Waals surface area contributed by atoms with Gasteiger partial charge in [-0.1, -0.05) is 0 Å². The number of amides is 1. The molecule has 1 aliphatic rings. The lowest BCUT2D eigenvalue weighted by atomic mass is 10.0. The number of carboxylic acids is 1. The zero-order chi connectivity index (χ0) is 23.5. The molecule has 2 aromatic rings. The van der Waals surface area contributed by atoms with Gasteiger partial charge in [0.1, 0.15) is 17.2 Å². The summed E-state index contributed by atoms with van der Waals surface area (Å²) in [6.45, 7) is 7.96. The highest BCUT2D eigenvalue weighted by Crippen LogP contribution is 2.31. The van der Waals surface area contributed by atoms with Crippen molar-refractivity contribution >= 4 is 28.9 Å². The number of rotatable bonds is 7. The van der Waals surface area contributed by atoms with Crippen molar-refractivity contribution in [3.8, 4) is 5.75 Å². The first kappa shape index (κ1) is 23.6. The van der Waals surface area contributed by atoms with Gasteiger partial charge in [0, 0.05) is 38.5 Å². The van der Waals surface area contributed by atoms with Crippen LogP contribution in [0.15, 0.2) is 18.2 Å². The fraction of sp³-hybridized carbons (Fsp3) is 0.565. The number of esters is 1. The first-order valence-electron chi connectivity index (χ1n) is 10.9. The van der Waals surface area contributed by atoms with Gasteiger partial charge >= 0.3 is 11.9 Å². The van der Waals surface area contributed by atoms with Crippen molar-refractivity contribution in [1.82, 2.24) is 14.5 Å². The molecule has 1 N–H and O–H groups in total. The Morgan fingerprint density at radius 3 is 2.47 bits per heavy atom. The monoisotopic (exact) mass is 445 g/mol. The third kappa shape index (κ3) is 5.99. The SMILES string of the molecule is CC(=O)N1CCC(n2c(CCC(=O)OC(C)(C)C)nc3ccc(OCC(=O)O)cc32)CC1. The quantitative estimate of drug-likeness (QED) is 0.652. The first-order chi connectivity index (χ1) is 15.0. The predicted octanol–water partition coefficient (Wildman–Crippen LogP) is 2.96. The van der Waals surface area contributed by atoms with Crippen molar-refractivity contribution < 1.29 is 29.0 Å². The number of carboxylic acid groups (broad SMARTS) is 1. The zero-order valence-electron chi connectivity index (χ0n) is 19.1. The van der Waals surface area contributed by atoms with Crippen molar-refractivity contribution in [3.05, 3.63) is 24.0 Å². The molecule has 0 bridgehead atoms. The number of carbonyl (C=O) groups excluding carboxylic acids is 2. The lowest BCUT2D eigenvalue weighted by Gasteiger charge is -2.33. The van der Waals surface area contributed by atoms with Crippen LogP contribution < -0.4 is 4.74 Å². The van der Waals surface area contributed by atoms with E-state index in [0.29, 0.717) is 25.3 Å². The minimum atomic E-state index is -1.05. The molecule has 0 aliphatic carbocycles. The largest absolute Gasteiger partial charge is 0.482 e. The lowest BCUT2D eigenvalue weighted by Crippen LogP contribution is -2.38. The van der Waals surface area contributed by atoms with E-state index < -0.39 is 18.2 Å². The summed E-state index contributed by atoms with van der Waals surface area (Å²) < 4.78 is 12.9. The van der Waals surface area contributed by atoms with Crippen LogP contribution in [0.1, 0.15) is 58.8 Å². The van der Waals surface area contributed by atoms with Gasteiger partial charge in [-0.2, -0.15) is 0 Å². The van der Waals surface area contributed by atoms with Gasteiger partial charge in [0.15, 0.2) is 6.61 Å². The van der Waals surface area contributed by atoms with Crippen molar-refractivity contribution in [2.75, 3.05) is 19.7 Å². The second-order valence-electron chi connectivity index (χ2n) is 9.05. The van der Waals surface area contributed by atoms with Gasteiger partial charge < -0.3 is 24.0 Å². The topological polar surface area (TPSA) is 111 Å². The van der Waals surface area contributed by atoms with Crippen LogP contribution in [0.5, 0.6) is 5.75 Å². The minimum Gasteiger partial charge on any atom is -0.482 e. The number of carbonyl (C=O) groups is 3. The van der Waals surface area contributed by atoms with E-state index in [1.54, 1.807) is 25.1 Å². The second-order valence-corrected chi connectivity index (χ2v) is 9.05. The van der Waals surface area contributed by atoms with Crippen LogP contribution in [0.4, 0.5) is 0 Å². The Balaban J connectivity index is 1.89. The molecule has 1 aromatic heterocycles. The first-order valence-corrected chi connectivity index (χ1v) is 10.9. The number of ether oxygens (including phenoxy) is 2. The molecule has 0 radical (unpaired) electrons. The fourth-order valence-electron chi connectivity index (χ4n) is 3.99. The molecule has 1 aromatic carbocycles. The summed E-state index contributed by atoms with van der Waals surface area (Å²) >= 11 is 0. The number of aryl methyl sites for hydroxylation is 1. The summed E-state index contributed by atoms with van der Waals surface area (Å²) in [5.41, 5.74) is 1.03. The maximum atomic E-state index is 12.3. The summed E-state index contributed by atoms with van der Waals surface area (Å²) in [6.07, 6.45) is 2.16. The third-order valence-electron chi connectivity index (χ3n) is 5.34. The Morgan fingerprint density at radius 1 is 1.19 bits per heavy atom. The normalized spacial score (nSPS) is 15.1. The van der Waals surface area contributed by atoms with Crippen LogP contribution >= 0.6 is 0 Å². The number of aromatic nitrogens is 2. The van der Waals surface area contributed by atoms with Crippen LogP contribution in [0.25, 0.3) is 11.0 Å². The fourth-order valence-corrected chi connectivity index (χ4v) is 3.99. The average Bonchev–Trinajstić information content (AvgIpc) is 3.07. The number of imidazole rings is 1. The van der Waals surface area contributed by atoms with Crippen molar-refractivity contribution in [3.63, 3.8) is 0 Å². The molecule has 1 fully saturated rings. The number of nitrogens with zero attached hydrogens (tertiary/aromatic N) is 3. The van der Waals surface area contributed by atoms with Crippen LogP contribution in [-0.2, 0) is 25.5 Å². The van der Waals surface area contributed by atoms with E-state index in [1.165, 1.54) is 0 Å². The van der Waals surface area contributed by atoms with Gasteiger partial charge in [0.25, 0.3) is 0 Å². The lowest BCUT2D eigenvalue weighted by molar-refractivity contribution is -0.154. The highest BCUT2D eigenvalue weighted by atomic mass is 16.6. The standard InChI is InChI=1S/C23H31N3O6/c1-15(27)25-11-9-16(10-12-25)26-19-13-17(31-14-21(28)29)5-6-18(19)24-20(26)7-8-22(30)32-23(2,3)4/h5-6,13,16H,7-12,14H2,1-4H3,(H,28,29). The summed E-state index contributed by atoms with van der Waals surface area (Å²) in [6, 6.07) is 5.39. The number of benzene rings is 1. The Bertz CT molecular complexity index is 999. The number of fused-ring (bicyclic) bond motifs is 1. The molecule has 0 spiro atoms. The van der Waals surface area contributed by atoms with Crippen LogP contribution in [0, 0.1) is 0 Å². The Kier molecular flexibility index (Phi) is 7.06. The molecule has 3 rings (SSSR count). The Morgan fingerprint density at radius 2 is 1.88 bits per heavy atom. The molecule has 32 heavy (non-hydrogen) atoms. The van der Waals surface area contributed by atoms with Crippen LogP contribution in [0.3, 0.4) is 0 Å². The smallest absolute Gasteiger partial charge is 0.341 e. The minimum absolute atomic E-state index is 0.0634. The van der Waals surface area contributed by atoms with E-state index in [4.69, 9.17) is 19.6 Å². The van der Waals surface area contributed by atoms with Crippen LogP contribution in [0.2, 0.25) is 0 Å². The predicted molar refractivity (Wildman–Crippen MR) is 118 cm³/mol. The molecule has 174 valence electrons. The molecule has 2 heterocycles. The molecular weight excluding hydrogens is 414 g/mol. The summed E-state index contributed by atoms with van der Waals surface area (Å²) in [5, 5.41) is 8.90. The van der Waals surface area contributed by atoms with Gasteiger partial charge in [-0.25, -0.2) is 9.78 Å². The van der Waals surface area contributed by atoms with Crippen LogP contribution in [-0.4, -0.2) is 62.7 Å². The van der Waals surface area contributed by atoms with E-state index in [2.05, 4.69) is 4.57 Å². The third-order valence-corrected chi connectivity index (χ3v) is 5.34. The summed E-state index contributed by atoms with van der Waals surface area (Å²) in [4.78, 5) is 41.5. The maximum absolute atomic E-state index is 12.3.